The summed E-state index contributed by atoms with van der Waals surface area (Å²) < 4.78 is 45.7. The molecule has 4 rings (SSSR count). The Balaban J connectivity index is 1.91. The van der Waals surface area contributed by atoms with Gasteiger partial charge < -0.3 is 9.84 Å². The second-order valence-electron chi connectivity index (χ2n) is 9.03. The Kier molecular flexibility index (Phi) is 7.17. The van der Waals surface area contributed by atoms with Crippen molar-refractivity contribution in [3.63, 3.8) is 0 Å². The number of quaternary nitrogens is 1. The normalized spacial score (nSPS) is 19.4. The predicted molar refractivity (Wildman–Crippen MR) is 127 cm³/mol. The van der Waals surface area contributed by atoms with Gasteiger partial charge in [-0.15, -0.1) is 0 Å². The number of amides is 1. The number of nitrogens with zero attached hydrogens (tertiary/aromatic N) is 1. The summed E-state index contributed by atoms with van der Waals surface area (Å²) in [4.78, 5) is 25.3. The van der Waals surface area contributed by atoms with Gasteiger partial charge in [0, 0.05) is 23.1 Å². The molecule has 1 aliphatic rings. The minimum atomic E-state index is -4.52. The van der Waals surface area contributed by atoms with Gasteiger partial charge in [-0.3, -0.25) is 4.79 Å². The summed E-state index contributed by atoms with van der Waals surface area (Å²) in [5.74, 6) is -0.820. The van der Waals surface area contributed by atoms with Crippen molar-refractivity contribution < 1.29 is 37.1 Å². The number of carboxylic acid groups (broad SMARTS) is 1. The Bertz CT molecular complexity index is 1260. The molecule has 36 heavy (non-hydrogen) atoms. The lowest BCUT2D eigenvalue weighted by Gasteiger charge is -2.46. The summed E-state index contributed by atoms with van der Waals surface area (Å²) in [6, 6.07) is 19.5. The maximum absolute atomic E-state index is 13.9. The molecule has 0 aliphatic carbocycles. The number of aliphatic carboxylic acids is 1. The second-order valence-corrected chi connectivity index (χ2v) is 9.03. The standard InChI is InChI=1S/C28H26F3NO4/c1-36-23-11-10-20-14-15-32(25(33)12-13-26(34)35,18-19-6-5-9-22(16-19)28(29,30)31)27(24(20)17-23)21-7-3-2-4-8-21/h2-11,16-17,27H,12-15,18H2,1H3/p+1. The monoisotopic (exact) mass is 498 g/mol. The molecule has 0 saturated carbocycles. The zero-order chi connectivity index (χ0) is 25.9. The third-order valence-electron chi connectivity index (χ3n) is 6.81. The van der Waals surface area contributed by atoms with Crippen LogP contribution in [0.25, 0.3) is 0 Å². The van der Waals surface area contributed by atoms with E-state index in [4.69, 9.17) is 4.74 Å². The molecule has 1 heterocycles. The topological polar surface area (TPSA) is 63.6 Å². The van der Waals surface area contributed by atoms with E-state index >= 15 is 0 Å². The second kappa shape index (κ2) is 10.1. The van der Waals surface area contributed by atoms with Crippen LogP contribution in [0.2, 0.25) is 0 Å². The number of hydrogen-bond acceptors (Lipinski definition) is 3. The summed E-state index contributed by atoms with van der Waals surface area (Å²) in [5, 5.41) is 9.27. The molecule has 0 aromatic heterocycles. The first-order valence-corrected chi connectivity index (χ1v) is 11.6. The van der Waals surface area contributed by atoms with Crippen molar-refractivity contribution in [2.24, 2.45) is 0 Å². The van der Waals surface area contributed by atoms with E-state index in [-0.39, 0.29) is 29.8 Å². The van der Waals surface area contributed by atoms with Gasteiger partial charge in [0.1, 0.15) is 18.3 Å². The first-order chi connectivity index (χ1) is 17.1. The van der Waals surface area contributed by atoms with Gasteiger partial charge in [0.15, 0.2) is 0 Å². The number of halogens is 3. The van der Waals surface area contributed by atoms with E-state index in [9.17, 15) is 27.9 Å². The highest BCUT2D eigenvalue weighted by atomic mass is 19.4. The molecular weight excluding hydrogens is 471 g/mol. The Morgan fingerprint density at radius 3 is 2.42 bits per heavy atom. The molecule has 0 bridgehead atoms. The first-order valence-electron chi connectivity index (χ1n) is 11.6. The fraction of sp³-hybridized carbons (Fsp3) is 0.286. The maximum Gasteiger partial charge on any atom is 0.416 e. The molecule has 2 atom stereocenters. The number of hydrogen-bond donors (Lipinski definition) is 1. The maximum atomic E-state index is 13.9. The van der Waals surface area contributed by atoms with Crippen LogP contribution in [0.3, 0.4) is 0 Å². The number of fused-ring (bicyclic) bond motifs is 1. The fourth-order valence-corrected chi connectivity index (χ4v) is 5.13. The number of methoxy groups -OCH3 is 1. The summed E-state index contributed by atoms with van der Waals surface area (Å²) >= 11 is 0. The minimum absolute atomic E-state index is 0.00141. The van der Waals surface area contributed by atoms with Crippen LogP contribution in [0.1, 0.15) is 46.7 Å². The van der Waals surface area contributed by atoms with E-state index in [2.05, 4.69) is 0 Å². The lowest BCUT2D eigenvalue weighted by Crippen LogP contribution is -2.58. The van der Waals surface area contributed by atoms with Crippen LogP contribution in [-0.2, 0) is 28.7 Å². The van der Waals surface area contributed by atoms with Crippen LogP contribution in [0, 0.1) is 0 Å². The zero-order valence-electron chi connectivity index (χ0n) is 19.8. The summed E-state index contributed by atoms with van der Waals surface area (Å²) in [5.41, 5.74) is 2.27. The van der Waals surface area contributed by atoms with Crippen LogP contribution in [0.5, 0.6) is 5.75 Å². The van der Waals surface area contributed by atoms with Gasteiger partial charge in [-0.25, -0.2) is 9.28 Å². The van der Waals surface area contributed by atoms with E-state index < -0.39 is 23.8 Å². The Labute approximate surface area is 207 Å². The number of ether oxygens (including phenoxy) is 1. The molecule has 0 saturated heterocycles. The van der Waals surface area contributed by atoms with E-state index in [1.807, 2.05) is 48.5 Å². The van der Waals surface area contributed by atoms with Gasteiger partial charge in [0.2, 0.25) is 0 Å². The van der Waals surface area contributed by atoms with E-state index in [1.165, 1.54) is 6.07 Å². The average Bonchev–Trinajstić information content (AvgIpc) is 2.86. The summed E-state index contributed by atoms with van der Waals surface area (Å²) in [6.45, 7) is 0.326. The third kappa shape index (κ3) is 5.14. The summed E-state index contributed by atoms with van der Waals surface area (Å²) in [6.07, 6.45) is -4.58. The molecule has 188 valence electrons. The molecule has 8 heteroatoms. The van der Waals surface area contributed by atoms with Gasteiger partial charge in [-0.05, 0) is 29.8 Å². The number of carbonyl (C=O) groups excluding carboxylic acids is 1. The highest BCUT2D eigenvalue weighted by Crippen LogP contribution is 2.44. The number of alkyl halides is 3. The van der Waals surface area contributed by atoms with Crippen molar-refractivity contribution in [2.75, 3.05) is 13.7 Å². The number of carbonyl (C=O) groups is 2. The number of carboxylic acids is 1. The molecule has 1 N–H and O–H groups in total. The van der Waals surface area contributed by atoms with Gasteiger partial charge in [-0.1, -0.05) is 48.5 Å². The third-order valence-corrected chi connectivity index (χ3v) is 6.81. The van der Waals surface area contributed by atoms with Crippen LogP contribution < -0.4 is 4.74 Å². The average molecular weight is 499 g/mol. The molecule has 0 radical (unpaired) electrons. The van der Waals surface area contributed by atoms with Crippen LogP contribution in [0.4, 0.5) is 13.2 Å². The summed E-state index contributed by atoms with van der Waals surface area (Å²) in [7, 11) is 1.55. The van der Waals surface area contributed by atoms with E-state index in [0.29, 0.717) is 24.3 Å². The van der Waals surface area contributed by atoms with Crippen molar-refractivity contribution in [1.29, 1.82) is 0 Å². The smallest absolute Gasteiger partial charge is 0.416 e. The van der Waals surface area contributed by atoms with Crippen LogP contribution in [-0.4, -0.2) is 35.1 Å². The van der Waals surface area contributed by atoms with Crippen LogP contribution >= 0.6 is 0 Å². The van der Waals surface area contributed by atoms with Gasteiger partial charge in [0.25, 0.3) is 0 Å². The fourth-order valence-electron chi connectivity index (χ4n) is 5.13. The van der Waals surface area contributed by atoms with E-state index in [0.717, 1.165) is 28.8 Å². The van der Waals surface area contributed by atoms with Gasteiger partial charge >= 0.3 is 18.1 Å². The number of rotatable bonds is 7. The highest BCUT2D eigenvalue weighted by Gasteiger charge is 2.49. The van der Waals surface area contributed by atoms with Gasteiger partial charge in [0.05, 0.1) is 32.1 Å². The van der Waals surface area contributed by atoms with Crippen LogP contribution in [0.15, 0.2) is 72.8 Å². The van der Waals surface area contributed by atoms with E-state index in [1.54, 1.807) is 13.2 Å². The van der Waals surface area contributed by atoms with Crippen molar-refractivity contribution in [2.45, 2.75) is 38.0 Å². The van der Waals surface area contributed by atoms with Crippen molar-refractivity contribution in [1.82, 2.24) is 0 Å². The molecular formula is C28H27F3NO4+. The van der Waals surface area contributed by atoms with Crippen molar-refractivity contribution >= 4 is 11.9 Å². The van der Waals surface area contributed by atoms with Gasteiger partial charge in [-0.2, -0.15) is 13.2 Å². The predicted octanol–water partition coefficient (Wildman–Crippen LogP) is 5.77. The molecule has 1 aliphatic heterocycles. The Hall–Kier alpha value is -3.65. The molecule has 1 amide bonds. The molecule has 0 spiro atoms. The largest absolute Gasteiger partial charge is 0.497 e. The van der Waals surface area contributed by atoms with Crippen molar-refractivity contribution in [3.8, 4) is 5.75 Å². The first kappa shape index (κ1) is 25.4. The molecule has 5 nitrogen and oxygen atoms in total. The Morgan fingerprint density at radius 2 is 1.75 bits per heavy atom. The molecule has 0 fully saturated rings. The minimum Gasteiger partial charge on any atom is -0.497 e. The molecule has 2 unspecified atom stereocenters. The lowest BCUT2D eigenvalue weighted by atomic mass is 9.84. The highest BCUT2D eigenvalue weighted by molar-refractivity contribution is 5.77. The van der Waals surface area contributed by atoms with Crippen molar-refractivity contribution in [3.05, 3.63) is 101 Å². The quantitative estimate of drug-likeness (QED) is 0.420. The lowest BCUT2D eigenvalue weighted by molar-refractivity contribution is -0.895. The SMILES string of the molecule is COc1ccc2c(c1)C(c1ccccc1)[N+](Cc1cccc(C(F)(F)F)c1)(C(=O)CCC(=O)O)CC2. The molecule has 3 aromatic rings. The Morgan fingerprint density at radius 1 is 1.00 bits per heavy atom. The zero-order valence-corrected chi connectivity index (χ0v) is 19.8. The molecule has 3 aromatic carbocycles. The number of benzene rings is 3.